The van der Waals surface area contributed by atoms with E-state index >= 15 is 0 Å². The van der Waals surface area contributed by atoms with Crippen LogP contribution in [0.1, 0.15) is 25.7 Å². The third-order valence-corrected chi connectivity index (χ3v) is 3.11. The monoisotopic (exact) mass is 306 g/mol. The molecule has 2 atom stereocenters. The maximum absolute atomic E-state index is 12.5. The Morgan fingerprint density at radius 1 is 1.10 bits per heavy atom. The van der Waals surface area contributed by atoms with Crippen molar-refractivity contribution in [2.45, 2.75) is 44.1 Å². The fourth-order valence-corrected chi connectivity index (χ4v) is 2.21. The molecule has 0 radical (unpaired) electrons. The highest BCUT2D eigenvalue weighted by molar-refractivity contribution is 5.78. The van der Waals surface area contributed by atoms with Crippen LogP contribution in [0.3, 0.4) is 0 Å². The number of alkyl halides is 6. The molecule has 0 saturated heterocycles. The van der Waals surface area contributed by atoms with Gasteiger partial charge in [-0.2, -0.15) is 26.3 Å². The third kappa shape index (κ3) is 6.44. The molecule has 118 valence electrons. The van der Waals surface area contributed by atoms with Crippen LogP contribution in [-0.2, 0) is 4.79 Å². The van der Waals surface area contributed by atoms with Gasteiger partial charge >= 0.3 is 12.4 Å². The van der Waals surface area contributed by atoms with E-state index in [9.17, 15) is 31.1 Å². The number of hydrogen-bond acceptors (Lipinski definition) is 2. The summed E-state index contributed by atoms with van der Waals surface area (Å²) < 4.78 is 73.1. The Morgan fingerprint density at radius 3 is 2.30 bits per heavy atom. The van der Waals surface area contributed by atoms with E-state index in [0.29, 0.717) is 12.8 Å². The van der Waals surface area contributed by atoms with Gasteiger partial charge in [0, 0.05) is 6.04 Å². The van der Waals surface area contributed by atoms with Crippen molar-refractivity contribution in [2.24, 2.45) is 5.92 Å². The molecule has 1 amide bonds. The molecule has 0 spiro atoms. The Balaban J connectivity index is 2.31. The van der Waals surface area contributed by atoms with Crippen LogP contribution in [-0.4, -0.2) is 37.4 Å². The molecule has 0 aromatic heterocycles. The average molecular weight is 306 g/mol. The number of hydrogen-bond donors (Lipinski definition) is 2. The summed E-state index contributed by atoms with van der Waals surface area (Å²) in [7, 11) is 0. The molecule has 0 aliphatic heterocycles. The van der Waals surface area contributed by atoms with Gasteiger partial charge in [0.1, 0.15) is 0 Å². The van der Waals surface area contributed by atoms with E-state index in [1.165, 1.54) is 0 Å². The van der Waals surface area contributed by atoms with E-state index in [1.54, 1.807) is 0 Å². The first-order valence-corrected chi connectivity index (χ1v) is 6.21. The Morgan fingerprint density at radius 2 is 1.75 bits per heavy atom. The van der Waals surface area contributed by atoms with E-state index < -0.39 is 43.3 Å². The molecule has 1 fully saturated rings. The molecular formula is C11H16F6N2O. The second kappa shape index (κ2) is 6.64. The van der Waals surface area contributed by atoms with Crippen LogP contribution in [0.4, 0.5) is 26.3 Å². The summed E-state index contributed by atoms with van der Waals surface area (Å²) in [5.41, 5.74) is 0. The van der Waals surface area contributed by atoms with Crippen LogP contribution in [0, 0.1) is 5.92 Å². The average Bonchev–Trinajstić information content (AvgIpc) is 2.26. The lowest BCUT2D eigenvalue weighted by Crippen LogP contribution is -2.45. The van der Waals surface area contributed by atoms with Crippen molar-refractivity contribution < 1.29 is 31.1 Å². The normalized spacial score (nSPS) is 24.5. The number of halogens is 6. The summed E-state index contributed by atoms with van der Waals surface area (Å²) in [6, 6.07) is -0.629. The predicted molar refractivity (Wildman–Crippen MR) is 58.9 cm³/mol. The van der Waals surface area contributed by atoms with Crippen LogP contribution < -0.4 is 10.6 Å². The first-order chi connectivity index (χ1) is 9.08. The smallest absolute Gasteiger partial charge is 0.352 e. The number of rotatable bonds is 4. The van der Waals surface area contributed by atoms with Crippen LogP contribution >= 0.6 is 0 Å². The van der Waals surface area contributed by atoms with Gasteiger partial charge in [0.05, 0.1) is 19.0 Å². The van der Waals surface area contributed by atoms with Crippen LogP contribution in [0.5, 0.6) is 0 Å². The Labute approximate surface area is 112 Å². The minimum absolute atomic E-state index is 0.0300. The zero-order valence-electron chi connectivity index (χ0n) is 10.6. The first-order valence-electron chi connectivity index (χ1n) is 6.21. The van der Waals surface area contributed by atoms with Crippen LogP contribution in [0.15, 0.2) is 0 Å². The maximum Gasteiger partial charge on any atom is 0.401 e. The minimum Gasteiger partial charge on any atom is -0.352 e. The molecule has 0 aromatic carbocycles. The van der Waals surface area contributed by atoms with Crippen molar-refractivity contribution in [3.63, 3.8) is 0 Å². The summed E-state index contributed by atoms with van der Waals surface area (Å²) in [4.78, 5) is 11.3. The molecule has 0 bridgehead atoms. The first kappa shape index (κ1) is 17.1. The summed E-state index contributed by atoms with van der Waals surface area (Å²) >= 11 is 0. The van der Waals surface area contributed by atoms with E-state index in [4.69, 9.17) is 0 Å². The van der Waals surface area contributed by atoms with Crippen LogP contribution in [0.25, 0.3) is 0 Å². The largest absolute Gasteiger partial charge is 0.401 e. The van der Waals surface area contributed by atoms with Crippen molar-refractivity contribution in [3.8, 4) is 0 Å². The Kier molecular flexibility index (Phi) is 5.67. The van der Waals surface area contributed by atoms with Crippen molar-refractivity contribution in [3.05, 3.63) is 0 Å². The number of carbonyl (C=O) groups is 1. The molecule has 1 aliphatic carbocycles. The molecule has 1 rings (SSSR count). The highest BCUT2D eigenvalue weighted by Gasteiger charge is 2.42. The summed E-state index contributed by atoms with van der Waals surface area (Å²) in [5.74, 6) is -2.17. The number of nitrogens with one attached hydrogen (secondary N) is 2. The molecule has 0 heterocycles. The van der Waals surface area contributed by atoms with Crippen molar-refractivity contribution >= 4 is 5.91 Å². The van der Waals surface area contributed by atoms with E-state index in [1.807, 2.05) is 5.32 Å². The lowest BCUT2D eigenvalue weighted by atomic mass is 9.85. The highest BCUT2D eigenvalue weighted by atomic mass is 19.4. The highest BCUT2D eigenvalue weighted by Crippen LogP contribution is 2.37. The molecule has 2 N–H and O–H groups in total. The van der Waals surface area contributed by atoms with Crippen LogP contribution in [0.2, 0.25) is 0 Å². The molecule has 9 heteroatoms. The Bertz CT molecular complexity index is 328. The second-order valence-electron chi connectivity index (χ2n) is 4.89. The standard InChI is InChI=1S/C11H16F6N2O/c12-10(13,14)6-18-5-9(20)19-8-3-1-2-7(4-8)11(15,16)17/h7-8,18H,1-6H2,(H,19,20). The van der Waals surface area contributed by atoms with E-state index in [2.05, 4.69) is 5.32 Å². The van der Waals surface area contributed by atoms with Gasteiger partial charge in [-0.3, -0.25) is 4.79 Å². The molecule has 20 heavy (non-hydrogen) atoms. The topological polar surface area (TPSA) is 41.1 Å². The van der Waals surface area contributed by atoms with Gasteiger partial charge < -0.3 is 10.6 Å². The molecule has 3 nitrogen and oxygen atoms in total. The summed E-state index contributed by atoms with van der Waals surface area (Å²) in [6.45, 7) is -1.87. The molecular weight excluding hydrogens is 290 g/mol. The third-order valence-electron chi connectivity index (χ3n) is 3.11. The van der Waals surface area contributed by atoms with Gasteiger partial charge in [-0.25, -0.2) is 0 Å². The summed E-state index contributed by atoms with van der Waals surface area (Å²) in [6.07, 6.45) is -8.15. The van der Waals surface area contributed by atoms with E-state index in [-0.39, 0.29) is 12.8 Å². The minimum atomic E-state index is -4.42. The SMILES string of the molecule is O=C(CNCC(F)(F)F)NC1CCCC(C(F)(F)F)C1. The fourth-order valence-electron chi connectivity index (χ4n) is 2.21. The molecule has 2 unspecified atom stereocenters. The molecule has 0 aromatic rings. The van der Waals surface area contributed by atoms with Gasteiger partial charge in [-0.05, 0) is 19.3 Å². The fraction of sp³-hybridized carbons (Fsp3) is 0.909. The maximum atomic E-state index is 12.5. The Hall–Kier alpha value is -0.990. The quantitative estimate of drug-likeness (QED) is 0.783. The lowest BCUT2D eigenvalue weighted by molar-refractivity contribution is -0.184. The van der Waals surface area contributed by atoms with Crippen molar-refractivity contribution in [1.82, 2.24) is 10.6 Å². The van der Waals surface area contributed by atoms with Gasteiger partial charge in [-0.15, -0.1) is 0 Å². The lowest BCUT2D eigenvalue weighted by Gasteiger charge is -2.31. The zero-order chi connectivity index (χ0) is 15.4. The van der Waals surface area contributed by atoms with Gasteiger partial charge in [0.2, 0.25) is 5.91 Å². The molecule has 1 saturated carbocycles. The van der Waals surface area contributed by atoms with Gasteiger partial charge in [0.25, 0.3) is 0 Å². The van der Waals surface area contributed by atoms with Gasteiger partial charge in [-0.1, -0.05) is 6.42 Å². The zero-order valence-corrected chi connectivity index (χ0v) is 10.6. The second-order valence-corrected chi connectivity index (χ2v) is 4.89. The summed E-state index contributed by atoms with van der Waals surface area (Å²) in [5, 5.41) is 4.24. The molecule has 1 aliphatic rings. The van der Waals surface area contributed by atoms with Crippen molar-refractivity contribution in [2.75, 3.05) is 13.1 Å². The van der Waals surface area contributed by atoms with Gasteiger partial charge in [0.15, 0.2) is 0 Å². The van der Waals surface area contributed by atoms with Crippen molar-refractivity contribution in [1.29, 1.82) is 0 Å². The van der Waals surface area contributed by atoms with E-state index in [0.717, 1.165) is 0 Å². The number of carbonyl (C=O) groups excluding carboxylic acids is 1. The predicted octanol–water partition coefficient (Wildman–Crippen LogP) is 2.38. The number of amides is 1.